The number of anilines is 1. The molecule has 0 aromatic heterocycles. The molecule has 2 aromatic rings. The lowest BCUT2D eigenvalue weighted by Gasteiger charge is -2.13. The first-order valence-electron chi connectivity index (χ1n) is 7.40. The van der Waals surface area contributed by atoms with Crippen molar-refractivity contribution in [2.45, 2.75) is 26.8 Å². The van der Waals surface area contributed by atoms with E-state index in [-0.39, 0.29) is 0 Å². The molecule has 0 unspecified atom stereocenters. The van der Waals surface area contributed by atoms with Crippen molar-refractivity contribution >= 4 is 5.69 Å². The summed E-state index contributed by atoms with van der Waals surface area (Å²) in [5, 5.41) is 3.44. The van der Waals surface area contributed by atoms with Crippen LogP contribution >= 0.6 is 0 Å². The Kier molecular flexibility index (Phi) is 5.50. The van der Waals surface area contributed by atoms with Crippen molar-refractivity contribution in [3.63, 3.8) is 0 Å². The van der Waals surface area contributed by atoms with Crippen LogP contribution in [0.25, 0.3) is 0 Å². The Balaban J connectivity index is 2.09. The summed E-state index contributed by atoms with van der Waals surface area (Å²) < 4.78 is 10.9. The quantitative estimate of drug-likeness (QED) is 0.824. The summed E-state index contributed by atoms with van der Waals surface area (Å²) >= 11 is 0. The number of aryl methyl sites for hydroxylation is 1. The average Bonchev–Trinajstić information content (AvgIpc) is 2.54. The van der Waals surface area contributed by atoms with Gasteiger partial charge in [0.1, 0.15) is 0 Å². The predicted molar refractivity (Wildman–Crippen MR) is 87.3 cm³/mol. The summed E-state index contributed by atoms with van der Waals surface area (Å²) in [7, 11) is 1.66. The van der Waals surface area contributed by atoms with Gasteiger partial charge in [0, 0.05) is 18.3 Å². The fourth-order valence-electron chi connectivity index (χ4n) is 2.32. The van der Waals surface area contributed by atoms with E-state index in [0.29, 0.717) is 6.61 Å². The van der Waals surface area contributed by atoms with Crippen molar-refractivity contribution in [1.82, 2.24) is 0 Å². The molecule has 3 heteroatoms. The number of benzene rings is 2. The maximum absolute atomic E-state index is 5.53. The number of ether oxygens (including phenoxy) is 2. The van der Waals surface area contributed by atoms with Crippen LogP contribution in [0, 0.1) is 0 Å². The zero-order valence-corrected chi connectivity index (χ0v) is 13.0. The second kappa shape index (κ2) is 7.58. The lowest BCUT2D eigenvalue weighted by atomic mass is 10.1. The minimum atomic E-state index is 0.632. The van der Waals surface area contributed by atoms with Gasteiger partial charge in [-0.15, -0.1) is 0 Å². The first kappa shape index (κ1) is 15.2. The molecular formula is C18H23NO2. The normalized spacial score (nSPS) is 10.2. The van der Waals surface area contributed by atoms with E-state index < -0.39 is 0 Å². The third-order valence-corrected chi connectivity index (χ3v) is 3.45. The largest absolute Gasteiger partial charge is 0.493 e. The topological polar surface area (TPSA) is 30.5 Å². The Labute approximate surface area is 126 Å². The highest BCUT2D eigenvalue weighted by molar-refractivity contribution is 5.55. The molecule has 0 aliphatic heterocycles. The highest BCUT2D eigenvalue weighted by Gasteiger charge is 2.06. The van der Waals surface area contributed by atoms with Gasteiger partial charge in [0.15, 0.2) is 11.5 Å². The van der Waals surface area contributed by atoms with Crippen molar-refractivity contribution in [3.05, 3.63) is 53.6 Å². The van der Waals surface area contributed by atoms with Crippen LogP contribution in [-0.2, 0) is 13.0 Å². The molecule has 0 aliphatic carbocycles. The van der Waals surface area contributed by atoms with E-state index >= 15 is 0 Å². The maximum Gasteiger partial charge on any atom is 0.162 e. The molecule has 0 aliphatic rings. The van der Waals surface area contributed by atoms with E-state index in [2.05, 4.69) is 36.5 Å². The minimum Gasteiger partial charge on any atom is -0.493 e. The van der Waals surface area contributed by atoms with Gasteiger partial charge < -0.3 is 14.8 Å². The number of hydrogen-bond donors (Lipinski definition) is 1. The fraction of sp³-hybridized carbons (Fsp3) is 0.333. The predicted octanol–water partition coefficient (Wildman–Crippen LogP) is 4.27. The monoisotopic (exact) mass is 285 g/mol. The fourth-order valence-corrected chi connectivity index (χ4v) is 2.32. The zero-order valence-electron chi connectivity index (χ0n) is 13.0. The highest BCUT2D eigenvalue weighted by atomic mass is 16.5. The van der Waals surface area contributed by atoms with E-state index in [0.717, 1.165) is 30.2 Å². The summed E-state index contributed by atoms with van der Waals surface area (Å²) in [6.07, 6.45) is 1.05. The molecule has 2 aromatic carbocycles. The van der Waals surface area contributed by atoms with Crippen molar-refractivity contribution in [2.24, 2.45) is 0 Å². The molecule has 0 spiro atoms. The van der Waals surface area contributed by atoms with Gasteiger partial charge in [-0.25, -0.2) is 0 Å². The maximum atomic E-state index is 5.53. The van der Waals surface area contributed by atoms with Crippen LogP contribution < -0.4 is 14.8 Å². The Morgan fingerprint density at radius 3 is 2.38 bits per heavy atom. The molecule has 0 bridgehead atoms. The van der Waals surface area contributed by atoms with Crippen molar-refractivity contribution in [3.8, 4) is 11.5 Å². The number of hydrogen-bond acceptors (Lipinski definition) is 3. The summed E-state index contributed by atoms with van der Waals surface area (Å²) in [5.74, 6) is 1.53. The Morgan fingerprint density at radius 1 is 0.952 bits per heavy atom. The van der Waals surface area contributed by atoms with Crippen LogP contribution in [0.1, 0.15) is 25.0 Å². The smallest absolute Gasteiger partial charge is 0.162 e. The molecule has 0 radical (unpaired) electrons. The van der Waals surface area contributed by atoms with Gasteiger partial charge in [0.05, 0.1) is 13.7 Å². The highest BCUT2D eigenvalue weighted by Crippen LogP contribution is 2.30. The summed E-state index contributed by atoms with van der Waals surface area (Å²) in [6.45, 7) is 5.58. The second-order valence-electron chi connectivity index (χ2n) is 4.77. The zero-order chi connectivity index (χ0) is 15.1. The number of nitrogens with one attached hydrogen (secondary N) is 1. The van der Waals surface area contributed by atoms with E-state index in [1.807, 2.05) is 25.1 Å². The third-order valence-electron chi connectivity index (χ3n) is 3.45. The van der Waals surface area contributed by atoms with E-state index in [9.17, 15) is 0 Å². The molecule has 1 N–H and O–H groups in total. The Bertz CT molecular complexity index is 581. The van der Waals surface area contributed by atoms with Crippen molar-refractivity contribution in [2.75, 3.05) is 19.0 Å². The lowest BCUT2D eigenvalue weighted by molar-refractivity contribution is 0.311. The van der Waals surface area contributed by atoms with Crippen LogP contribution in [0.4, 0.5) is 5.69 Å². The van der Waals surface area contributed by atoms with Crippen LogP contribution in [0.3, 0.4) is 0 Å². The Morgan fingerprint density at radius 2 is 1.71 bits per heavy atom. The molecule has 0 heterocycles. The van der Waals surface area contributed by atoms with Gasteiger partial charge in [0.25, 0.3) is 0 Å². The third kappa shape index (κ3) is 3.91. The van der Waals surface area contributed by atoms with Crippen LogP contribution in [0.15, 0.2) is 42.5 Å². The number of methoxy groups -OCH3 is 1. The molecule has 0 saturated carbocycles. The first-order valence-corrected chi connectivity index (χ1v) is 7.40. The molecule has 0 amide bonds. The molecule has 0 fully saturated rings. The minimum absolute atomic E-state index is 0.632. The molecule has 2 rings (SSSR count). The summed E-state index contributed by atoms with van der Waals surface area (Å²) in [4.78, 5) is 0. The molecule has 112 valence electrons. The SMILES string of the molecule is CCOc1ccc(NCc2ccccc2CC)cc1OC. The first-order chi connectivity index (χ1) is 10.3. The van der Waals surface area contributed by atoms with Crippen LogP contribution in [-0.4, -0.2) is 13.7 Å². The van der Waals surface area contributed by atoms with Gasteiger partial charge in [0.2, 0.25) is 0 Å². The molecular weight excluding hydrogens is 262 g/mol. The average molecular weight is 285 g/mol. The Hall–Kier alpha value is -2.16. The van der Waals surface area contributed by atoms with Crippen LogP contribution in [0.5, 0.6) is 11.5 Å². The summed E-state index contributed by atoms with van der Waals surface area (Å²) in [5.41, 5.74) is 3.73. The standard InChI is InChI=1S/C18H23NO2/c1-4-14-8-6-7-9-15(14)13-19-16-10-11-17(21-5-2)18(12-16)20-3/h6-12,19H,4-5,13H2,1-3H3. The molecule has 0 atom stereocenters. The molecule has 3 nitrogen and oxygen atoms in total. The van der Waals surface area contributed by atoms with Gasteiger partial charge >= 0.3 is 0 Å². The lowest BCUT2D eigenvalue weighted by Crippen LogP contribution is -2.03. The van der Waals surface area contributed by atoms with E-state index in [1.54, 1.807) is 7.11 Å². The molecule has 0 saturated heterocycles. The van der Waals surface area contributed by atoms with Crippen LogP contribution in [0.2, 0.25) is 0 Å². The van der Waals surface area contributed by atoms with E-state index in [4.69, 9.17) is 9.47 Å². The van der Waals surface area contributed by atoms with Gasteiger partial charge in [-0.3, -0.25) is 0 Å². The summed E-state index contributed by atoms with van der Waals surface area (Å²) in [6, 6.07) is 14.4. The molecule has 21 heavy (non-hydrogen) atoms. The number of rotatable bonds is 7. The van der Waals surface area contributed by atoms with E-state index in [1.165, 1.54) is 11.1 Å². The van der Waals surface area contributed by atoms with Gasteiger partial charge in [-0.1, -0.05) is 31.2 Å². The van der Waals surface area contributed by atoms with Crippen molar-refractivity contribution in [1.29, 1.82) is 0 Å². The van der Waals surface area contributed by atoms with Crippen molar-refractivity contribution < 1.29 is 9.47 Å². The van der Waals surface area contributed by atoms with Gasteiger partial charge in [-0.2, -0.15) is 0 Å². The van der Waals surface area contributed by atoms with Gasteiger partial charge in [-0.05, 0) is 36.6 Å². The second-order valence-corrected chi connectivity index (χ2v) is 4.77.